The summed E-state index contributed by atoms with van der Waals surface area (Å²) in [4.78, 5) is 29.0. The summed E-state index contributed by atoms with van der Waals surface area (Å²) in [6, 6.07) is 16.4. The summed E-state index contributed by atoms with van der Waals surface area (Å²) < 4.78 is 11.7. The third-order valence-corrected chi connectivity index (χ3v) is 4.96. The van der Waals surface area contributed by atoms with E-state index in [2.05, 4.69) is 10.3 Å². The van der Waals surface area contributed by atoms with Gasteiger partial charge in [-0.05, 0) is 30.2 Å². The van der Waals surface area contributed by atoms with Crippen molar-refractivity contribution in [1.82, 2.24) is 4.98 Å². The van der Waals surface area contributed by atoms with Gasteiger partial charge in [-0.1, -0.05) is 47.7 Å². The quantitative estimate of drug-likeness (QED) is 0.545. The summed E-state index contributed by atoms with van der Waals surface area (Å²) >= 11 is 1.36. The van der Waals surface area contributed by atoms with Crippen LogP contribution >= 0.6 is 11.3 Å². The minimum atomic E-state index is -0.539. The molecular weight excluding hydrogens is 376 g/mol. The second kappa shape index (κ2) is 7.66. The molecule has 4 rings (SSSR count). The summed E-state index contributed by atoms with van der Waals surface area (Å²) in [6.45, 7) is 2.23. The Hall–Kier alpha value is -3.45. The van der Waals surface area contributed by atoms with E-state index in [1.54, 1.807) is 0 Å². The van der Waals surface area contributed by atoms with E-state index in [4.69, 9.17) is 9.15 Å². The Morgan fingerprint density at radius 2 is 2.00 bits per heavy atom. The number of nitrogens with one attached hydrogen (secondary N) is 1. The third kappa shape index (κ3) is 3.94. The Morgan fingerprint density at radius 1 is 1.18 bits per heavy atom. The molecule has 0 spiro atoms. The van der Waals surface area contributed by atoms with Crippen LogP contribution in [-0.4, -0.2) is 10.9 Å². The maximum absolute atomic E-state index is 12.4. The van der Waals surface area contributed by atoms with E-state index >= 15 is 0 Å². The van der Waals surface area contributed by atoms with E-state index < -0.39 is 11.3 Å². The van der Waals surface area contributed by atoms with Crippen molar-refractivity contribution < 1.29 is 13.9 Å². The van der Waals surface area contributed by atoms with Crippen LogP contribution in [0.2, 0.25) is 0 Å². The van der Waals surface area contributed by atoms with E-state index in [9.17, 15) is 9.59 Å². The molecule has 0 atom stereocenters. The molecule has 0 radical (unpaired) electrons. The first-order valence-corrected chi connectivity index (χ1v) is 9.38. The van der Waals surface area contributed by atoms with E-state index in [1.807, 2.05) is 55.5 Å². The normalized spacial score (nSPS) is 10.8. The van der Waals surface area contributed by atoms with Gasteiger partial charge in [-0.3, -0.25) is 14.9 Å². The van der Waals surface area contributed by atoms with Gasteiger partial charge >= 0.3 is 0 Å². The van der Waals surface area contributed by atoms with Crippen molar-refractivity contribution in [3.63, 3.8) is 0 Å². The van der Waals surface area contributed by atoms with Crippen LogP contribution in [0, 0.1) is 6.92 Å². The van der Waals surface area contributed by atoms with Crippen LogP contribution in [0.1, 0.15) is 21.7 Å². The van der Waals surface area contributed by atoms with Gasteiger partial charge in [-0.2, -0.15) is 0 Å². The van der Waals surface area contributed by atoms with Crippen molar-refractivity contribution in [3.8, 4) is 5.75 Å². The van der Waals surface area contributed by atoms with Crippen LogP contribution in [0.3, 0.4) is 0 Å². The Morgan fingerprint density at radius 3 is 2.79 bits per heavy atom. The number of amides is 1. The molecule has 2 aromatic heterocycles. The van der Waals surface area contributed by atoms with E-state index in [0.29, 0.717) is 5.13 Å². The zero-order chi connectivity index (χ0) is 19.5. The fourth-order valence-corrected chi connectivity index (χ4v) is 3.56. The SMILES string of the molecule is Cc1ccc2nc(NC(=O)c3cc(=O)c(OCc4ccccc4)co3)sc2c1. The lowest BCUT2D eigenvalue weighted by molar-refractivity contribution is 0.0993. The Bertz CT molecular complexity index is 1200. The minimum absolute atomic E-state index is 0.0517. The summed E-state index contributed by atoms with van der Waals surface area (Å²) in [5.74, 6) is -0.592. The van der Waals surface area contributed by atoms with Crippen molar-refractivity contribution >= 4 is 32.6 Å². The molecule has 0 bridgehead atoms. The van der Waals surface area contributed by atoms with Crippen molar-refractivity contribution in [2.75, 3.05) is 5.32 Å². The molecule has 0 aliphatic rings. The largest absolute Gasteiger partial charge is 0.482 e. The monoisotopic (exact) mass is 392 g/mol. The maximum atomic E-state index is 12.4. The van der Waals surface area contributed by atoms with Gasteiger partial charge in [0.05, 0.1) is 10.2 Å². The lowest BCUT2D eigenvalue weighted by Gasteiger charge is -2.06. The number of thiazole rings is 1. The standard InChI is InChI=1S/C21H16N2O4S/c1-13-7-8-15-19(9-13)28-21(22-15)23-20(25)17-10-16(24)18(12-27-17)26-11-14-5-3-2-4-6-14/h2-10,12H,11H2,1H3,(H,22,23,25). The molecule has 0 aliphatic carbocycles. The highest BCUT2D eigenvalue weighted by atomic mass is 32.1. The van der Waals surface area contributed by atoms with Crippen LogP contribution in [-0.2, 0) is 6.61 Å². The van der Waals surface area contributed by atoms with Crippen molar-refractivity contribution in [2.24, 2.45) is 0 Å². The lowest BCUT2D eigenvalue weighted by Crippen LogP contribution is -2.15. The maximum Gasteiger partial charge on any atom is 0.293 e. The van der Waals surface area contributed by atoms with E-state index in [0.717, 1.165) is 33.7 Å². The number of aryl methyl sites for hydroxylation is 1. The first-order valence-electron chi connectivity index (χ1n) is 8.56. The Kier molecular flexibility index (Phi) is 4.90. The van der Waals surface area contributed by atoms with Crippen LogP contribution in [0.15, 0.2) is 70.1 Å². The van der Waals surface area contributed by atoms with Gasteiger partial charge in [-0.15, -0.1) is 0 Å². The van der Waals surface area contributed by atoms with Crippen LogP contribution in [0.4, 0.5) is 5.13 Å². The highest BCUT2D eigenvalue weighted by Crippen LogP contribution is 2.27. The number of nitrogens with zero attached hydrogens (tertiary/aromatic N) is 1. The molecule has 0 saturated carbocycles. The number of hydrogen-bond donors (Lipinski definition) is 1. The predicted octanol–water partition coefficient (Wildman–Crippen LogP) is 4.39. The Balaban J connectivity index is 1.46. The molecule has 140 valence electrons. The van der Waals surface area contributed by atoms with Gasteiger partial charge in [0.2, 0.25) is 11.2 Å². The summed E-state index contributed by atoms with van der Waals surface area (Å²) in [5.41, 5.74) is 2.42. The smallest absolute Gasteiger partial charge is 0.293 e. The topological polar surface area (TPSA) is 81.4 Å². The molecule has 1 amide bonds. The van der Waals surface area contributed by atoms with Crippen LogP contribution in [0.5, 0.6) is 5.75 Å². The summed E-state index contributed by atoms with van der Waals surface area (Å²) in [6.07, 6.45) is 1.15. The fraction of sp³-hybridized carbons (Fsp3) is 0.0952. The van der Waals surface area contributed by atoms with Crippen LogP contribution in [0.25, 0.3) is 10.2 Å². The van der Waals surface area contributed by atoms with Gasteiger partial charge in [0.15, 0.2) is 10.9 Å². The summed E-state index contributed by atoms with van der Waals surface area (Å²) in [7, 11) is 0. The number of anilines is 1. The number of hydrogen-bond acceptors (Lipinski definition) is 6. The van der Waals surface area contributed by atoms with Gasteiger partial charge in [0.25, 0.3) is 5.91 Å². The van der Waals surface area contributed by atoms with Gasteiger partial charge < -0.3 is 9.15 Å². The number of aromatic nitrogens is 1. The minimum Gasteiger partial charge on any atom is -0.482 e. The molecule has 1 N–H and O–H groups in total. The lowest BCUT2D eigenvalue weighted by atomic mass is 10.2. The van der Waals surface area contributed by atoms with Crippen molar-refractivity contribution in [3.05, 3.63) is 88.0 Å². The number of carbonyl (C=O) groups excluding carboxylic acids is 1. The molecule has 0 unspecified atom stereocenters. The van der Waals surface area contributed by atoms with E-state index in [1.165, 1.54) is 11.3 Å². The fourth-order valence-electron chi connectivity index (χ4n) is 2.60. The number of ether oxygens (including phenoxy) is 1. The van der Waals surface area contributed by atoms with Gasteiger partial charge in [-0.25, -0.2) is 4.98 Å². The second-order valence-corrected chi connectivity index (χ2v) is 7.22. The van der Waals surface area contributed by atoms with Gasteiger partial charge in [0.1, 0.15) is 12.9 Å². The zero-order valence-corrected chi connectivity index (χ0v) is 15.8. The average molecular weight is 392 g/mol. The Labute approximate surface area is 164 Å². The number of rotatable bonds is 5. The predicted molar refractivity (Wildman–Crippen MR) is 108 cm³/mol. The number of benzene rings is 2. The molecule has 0 aliphatic heterocycles. The molecule has 2 aromatic carbocycles. The molecule has 2 heterocycles. The second-order valence-electron chi connectivity index (χ2n) is 6.19. The van der Waals surface area contributed by atoms with Crippen LogP contribution < -0.4 is 15.5 Å². The molecular formula is C21H16N2O4S. The highest BCUT2D eigenvalue weighted by Gasteiger charge is 2.15. The summed E-state index contributed by atoms with van der Waals surface area (Å²) in [5, 5.41) is 3.11. The number of carbonyl (C=O) groups is 1. The highest BCUT2D eigenvalue weighted by molar-refractivity contribution is 7.22. The molecule has 28 heavy (non-hydrogen) atoms. The molecule has 6 nitrogen and oxygen atoms in total. The number of fused-ring (bicyclic) bond motifs is 1. The van der Waals surface area contributed by atoms with E-state index in [-0.39, 0.29) is 18.1 Å². The first kappa shape index (κ1) is 17.9. The zero-order valence-electron chi connectivity index (χ0n) is 15.0. The third-order valence-electron chi connectivity index (χ3n) is 4.02. The molecule has 0 fully saturated rings. The first-order chi connectivity index (χ1) is 13.6. The van der Waals surface area contributed by atoms with Crippen molar-refractivity contribution in [2.45, 2.75) is 13.5 Å². The average Bonchev–Trinajstić information content (AvgIpc) is 3.09. The van der Waals surface area contributed by atoms with Gasteiger partial charge in [0, 0.05) is 6.07 Å². The molecule has 7 heteroatoms. The molecule has 4 aromatic rings. The molecule has 0 saturated heterocycles. The van der Waals surface area contributed by atoms with Crippen molar-refractivity contribution in [1.29, 1.82) is 0 Å².